The van der Waals surface area contributed by atoms with Crippen LogP contribution in [0.15, 0.2) is 18.2 Å². The van der Waals surface area contributed by atoms with Crippen molar-refractivity contribution in [1.29, 1.82) is 0 Å². The van der Waals surface area contributed by atoms with E-state index < -0.39 is 0 Å². The lowest BCUT2D eigenvalue weighted by molar-refractivity contribution is 0.396. The van der Waals surface area contributed by atoms with E-state index in [9.17, 15) is 0 Å². The number of methoxy groups -OCH3 is 1. The van der Waals surface area contributed by atoms with E-state index in [0.29, 0.717) is 5.88 Å². The summed E-state index contributed by atoms with van der Waals surface area (Å²) in [6.45, 7) is 0.945. The van der Waals surface area contributed by atoms with Crippen LogP contribution < -0.4 is 10.1 Å². The average Bonchev–Trinajstić information content (AvgIpc) is 2.15. The van der Waals surface area contributed by atoms with Crippen molar-refractivity contribution in [3.63, 3.8) is 0 Å². The Labute approximate surface area is 72.8 Å². The Balaban J connectivity index is 2.60. The Morgan fingerprint density at radius 2 is 2.33 bits per heavy atom. The van der Waals surface area contributed by atoms with Crippen LogP contribution in [0.3, 0.4) is 0 Å². The van der Waals surface area contributed by atoms with Crippen LogP contribution >= 0.6 is 0 Å². The van der Waals surface area contributed by atoms with Crippen molar-refractivity contribution >= 4 is 0 Å². The zero-order chi connectivity index (χ0) is 8.81. The number of aromatic nitrogens is 1. The maximum Gasteiger partial charge on any atom is 0.213 e. The van der Waals surface area contributed by atoms with Gasteiger partial charge in [0.1, 0.15) is 0 Å². The molecule has 0 aromatic carbocycles. The Hall–Kier alpha value is -1.09. The molecule has 3 heteroatoms. The number of likely N-dealkylation sites (N-methyl/N-ethyl adjacent to an activating group) is 1. The minimum Gasteiger partial charge on any atom is -0.481 e. The van der Waals surface area contributed by atoms with Crippen molar-refractivity contribution in [2.24, 2.45) is 0 Å². The van der Waals surface area contributed by atoms with Crippen molar-refractivity contribution in [3.8, 4) is 5.88 Å². The minimum atomic E-state index is 0.684. The molecule has 0 spiro atoms. The highest BCUT2D eigenvalue weighted by atomic mass is 16.5. The van der Waals surface area contributed by atoms with Crippen molar-refractivity contribution in [2.45, 2.75) is 6.42 Å². The summed E-state index contributed by atoms with van der Waals surface area (Å²) in [5, 5.41) is 3.07. The highest BCUT2D eigenvalue weighted by molar-refractivity contribution is 5.15. The summed E-state index contributed by atoms with van der Waals surface area (Å²) < 4.78 is 5.00. The third-order valence-corrected chi connectivity index (χ3v) is 1.62. The highest BCUT2D eigenvalue weighted by Crippen LogP contribution is 2.06. The molecule has 0 aliphatic carbocycles. The molecule has 0 amide bonds. The van der Waals surface area contributed by atoms with Crippen LogP contribution in [0, 0.1) is 0 Å². The van der Waals surface area contributed by atoms with Crippen LogP contribution in [0.5, 0.6) is 5.88 Å². The quantitative estimate of drug-likeness (QED) is 0.720. The second-order valence-corrected chi connectivity index (χ2v) is 2.52. The molecule has 12 heavy (non-hydrogen) atoms. The summed E-state index contributed by atoms with van der Waals surface area (Å²) in [7, 11) is 3.56. The maximum absolute atomic E-state index is 5.00. The van der Waals surface area contributed by atoms with Crippen molar-refractivity contribution in [1.82, 2.24) is 10.3 Å². The number of nitrogens with one attached hydrogen (secondary N) is 1. The standard InChI is InChI=1S/C9H14N2O/c1-10-7-6-8-4-3-5-9(11-8)12-2/h3-5,10H,6-7H2,1-2H3. The zero-order valence-corrected chi connectivity index (χ0v) is 7.50. The highest BCUT2D eigenvalue weighted by Gasteiger charge is 1.95. The molecule has 0 saturated heterocycles. The van der Waals surface area contributed by atoms with Crippen molar-refractivity contribution in [2.75, 3.05) is 20.7 Å². The van der Waals surface area contributed by atoms with Gasteiger partial charge in [0.15, 0.2) is 0 Å². The Kier molecular flexibility index (Phi) is 3.54. The van der Waals surface area contributed by atoms with Gasteiger partial charge in [-0.3, -0.25) is 0 Å². The molecule has 0 bridgehead atoms. The third kappa shape index (κ3) is 2.51. The topological polar surface area (TPSA) is 34.1 Å². The first-order valence-corrected chi connectivity index (χ1v) is 4.01. The van der Waals surface area contributed by atoms with Crippen LogP contribution in [0.1, 0.15) is 5.69 Å². The summed E-state index contributed by atoms with van der Waals surface area (Å²) in [5.41, 5.74) is 1.06. The molecular formula is C9H14N2O. The Bertz CT molecular complexity index is 238. The lowest BCUT2D eigenvalue weighted by Gasteiger charge is -2.02. The van der Waals surface area contributed by atoms with E-state index in [4.69, 9.17) is 4.74 Å². The van der Waals surface area contributed by atoms with E-state index in [0.717, 1.165) is 18.7 Å². The van der Waals surface area contributed by atoms with E-state index in [1.54, 1.807) is 7.11 Å². The molecule has 1 aromatic rings. The predicted molar refractivity (Wildman–Crippen MR) is 48.4 cm³/mol. The van der Waals surface area contributed by atoms with Gasteiger partial charge in [-0.05, 0) is 13.1 Å². The molecule has 1 rings (SSSR count). The van der Waals surface area contributed by atoms with Crippen LogP contribution in [-0.2, 0) is 6.42 Å². The van der Waals surface area contributed by atoms with Crippen LogP contribution in [0.4, 0.5) is 0 Å². The van der Waals surface area contributed by atoms with Gasteiger partial charge in [-0.2, -0.15) is 0 Å². The Morgan fingerprint density at radius 1 is 1.50 bits per heavy atom. The molecule has 66 valence electrons. The summed E-state index contributed by atoms with van der Waals surface area (Å²) in [6, 6.07) is 5.81. The van der Waals surface area contributed by atoms with Gasteiger partial charge in [0, 0.05) is 24.7 Å². The minimum absolute atomic E-state index is 0.684. The van der Waals surface area contributed by atoms with E-state index >= 15 is 0 Å². The molecule has 1 N–H and O–H groups in total. The first-order valence-electron chi connectivity index (χ1n) is 4.01. The lowest BCUT2D eigenvalue weighted by atomic mass is 10.3. The van der Waals surface area contributed by atoms with Gasteiger partial charge in [-0.15, -0.1) is 0 Å². The van der Waals surface area contributed by atoms with E-state index in [1.807, 2.05) is 25.2 Å². The molecule has 0 radical (unpaired) electrons. The molecule has 0 aliphatic heterocycles. The summed E-state index contributed by atoms with van der Waals surface area (Å²) >= 11 is 0. The van der Waals surface area contributed by atoms with E-state index in [-0.39, 0.29) is 0 Å². The smallest absolute Gasteiger partial charge is 0.213 e. The first-order chi connectivity index (χ1) is 5.86. The number of ether oxygens (including phenoxy) is 1. The number of pyridine rings is 1. The van der Waals surface area contributed by atoms with Crippen LogP contribution in [0.2, 0.25) is 0 Å². The van der Waals surface area contributed by atoms with E-state index in [2.05, 4.69) is 10.3 Å². The first kappa shape index (κ1) is 9.00. The molecular weight excluding hydrogens is 152 g/mol. The third-order valence-electron chi connectivity index (χ3n) is 1.62. The van der Waals surface area contributed by atoms with Crippen LogP contribution in [-0.4, -0.2) is 25.7 Å². The molecule has 0 atom stereocenters. The molecule has 1 aromatic heterocycles. The molecule has 0 unspecified atom stereocenters. The predicted octanol–water partition coefficient (Wildman–Crippen LogP) is 0.852. The van der Waals surface area contributed by atoms with Gasteiger partial charge < -0.3 is 10.1 Å². The maximum atomic E-state index is 5.00. The number of nitrogens with zero attached hydrogens (tertiary/aromatic N) is 1. The summed E-state index contributed by atoms with van der Waals surface area (Å²) in [6.07, 6.45) is 0.938. The number of rotatable bonds is 4. The largest absolute Gasteiger partial charge is 0.481 e. The van der Waals surface area contributed by atoms with Gasteiger partial charge in [0.25, 0.3) is 0 Å². The fourth-order valence-electron chi connectivity index (χ4n) is 0.964. The normalized spacial score (nSPS) is 9.83. The summed E-state index contributed by atoms with van der Waals surface area (Å²) in [4.78, 5) is 4.27. The monoisotopic (exact) mass is 166 g/mol. The summed E-state index contributed by atoms with van der Waals surface area (Å²) in [5.74, 6) is 0.684. The molecule has 0 saturated carbocycles. The lowest BCUT2D eigenvalue weighted by Crippen LogP contribution is -2.11. The fraction of sp³-hybridized carbons (Fsp3) is 0.444. The van der Waals surface area contributed by atoms with Gasteiger partial charge in [0.05, 0.1) is 7.11 Å². The molecule has 1 heterocycles. The molecule has 0 fully saturated rings. The van der Waals surface area contributed by atoms with Crippen molar-refractivity contribution in [3.05, 3.63) is 23.9 Å². The number of hydrogen-bond acceptors (Lipinski definition) is 3. The Morgan fingerprint density at radius 3 is 3.00 bits per heavy atom. The SMILES string of the molecule is CNCCc1cccc(OC)n1. The number of hydrogen-bond donors (Lipinski definition) is 1. The molecule has 3 nitrogen and oxygen atoms in total. The van der Waals surface area contributed by atoms with Gasteiger partial charge in [-0.1, -0.05) is 6.07 Å². The zero-order valence-electron chi connectivity index (χ0n) is 7.50. The molecule has 0 aliphatic rings. The van der Waals surface area contributed by atoms with Crippen molar-refractivity contribution < 1.29 is 4.74 Å². The second-order valence-electron chi connectivity index (χ2n) is 2.52. The average molecular weight is 166 g/mol. The van der Waals surface area contributed by atoms with Crippen LogP contribution in [0.25, 0.3) is 0 Å². The van der Waals surface area contributed by atoms with E-state index in [1.165, 1.54) is 0 Å². The van der Waals surface area contributed by atoms with Gasteiger partial charge in [-0.25, -0.2) is 4.98 Å². The van der Waals surface area contributed by atoms with Gasteiger partial charge >= 0.3 is 0 Å². The van der Waals surface area contributed by atoms with Gasteiger partial charge in [0.2, 0.25) is 5.88 Å². The fourth-order valence-corrected chi connectivity index (χ4v) is 0.964. The second kappa shape index (κ2) is 4.72.